The van der Waals surface area contributed by atoms with Crippen LogP contribution in [0.25, 0.3) is 11.3 Å². The zero-order valence-electron chi connectivity index (χ0n) is 13.5. The van der Waals surface area contributed by atoms with Crippen molar-refractivity contribution in [2.75, 3.05) is 5.75 Å². The van der Waals surface area contributed by atoms with Crippen LogP contribution in [0.2, 0.25) is 0 Å². The number of nitrogens with one attached hydrogen (secondary N) is 1. The first-order chi connectivity index (χ1) is 11.4. The second-order valence-corrected chi connectivity index (χ2v) is 6.76. The average Bonchev–Trinajstić information content (AvgIpc) is 2.93. The molecule has 9 heteroatoms. The summed E-state index contributed by atoms with van der Waals surface area (Å²) in [5.74, 6) is -0.990. The Labute approximate surface area is 142 Å². The number of nitrogens with zero attached hydrogens (tertiary/aromatic N) is 3. The van der Waals surface area contributed by atoms with Crippen LogP contribution in [-0.4, -0.2) is 40.6 Å². The highest BCUT2D eigenvalue weighted by atomic mass is 32.2. The van der Waals surface area contributed by atoms with Crippen LogP contribution in [0.3, 0.4) is 0 Å². The molecule has 1 aromatic heterocycles. The minimum Gasteiger partial charge on any atom is -0.306 e. The molecule has 8 nitrogen and oxygen atoms in total. The number of hydrogen-bond acceptors (Lipinski definition) is 5. The Hall–Kier alpha value is -2.10. The van der Waals surface area contributed by atoms with Gasteiger partial charge >= 0.3 is 0 Å². The monoisotopic (exact) mass is 352 g/mol. The van der Waals surface area contributed by atoms with E-state index in [1.165, 1.54) is 6.92 Å². The maximum atomic E-state index is 11.9. The molecule has 0 saturated carbocycles. The van der Waals surface area contributed by atoms with E-state index >= 15 is 0 Å². The van der Waals surface area contributed by atoms with Gasteiger partial charge in [-0.25, -0.2) is 14.4 Å². The fraction of sp³-hybridized carbons (Fsp3) is 0.400. The predicted octanol–water partition coefficient (Wildman–Crippen LogP) is 1.38. The van der Waals surface area contributed by atoms with Crippen molar-refractivity contribution in [2.24, 2.45) is 5.41 Å². The fourth-order valence-corrected chi connectivity index (χ4v) is 3.34. The van der Waals surface area contributed by atoms with E-state index in [2.05, 4.69) is 10.3 Å². The van der Waals surface area contributed by atoms with Crippen molar-refractivity contribution < 1.29 is 18.8 Å². The van der Waals surface area contributed by atoms with Crippen LogP contribution < -0.4 is 5.48 Å². The molecule has 1 heterocycles. The Kier molecular flexibility index (Phi) is 5.81. The predicted molar refractivity (Wildman–Crippen MR) is 88.5 cm³/mol. The zero-order chi connectivity index (χ0) is 17.7. The van der Waals surface area contributed by atoms with Gasteiger partial charge in [0.2, 0.25) is 5.91 Å². The van der Waals surface area contributed by atoms with Crippen LogP contribution >= 0.6 is 0 Å². The molecule has 130 valence electrons. The van der Waals surface area contributed by atoms with E-state index in [0.717, 1.165) is 17.0 Å². The molecule has 0 aliphatic rings. The second-order valence-electron chi connectivity index (χ2n) is 5.83. The molecule has 0 radical (unpaired) electrons. The van der Waals surface area contributed by atoms with E-state index in [1.807, 2.05) is 37.3 Å². The standard InChI is InChI=1S/C15H20N4O4S/c1-11-13(12-6-4-3-5-7-12)19(18-16-11)9-8-15(2,10-24(22)23)14(20)17-21/h3-7,21H,8-10H2,1-2H3,(H,17,20)(H,22,23)/t15-/m0/s1. The van der Waals surface area contributed by atoms with Crippen molar-refractivity contribution in [2.45, 2.75) is 26.8 Å². The lowest BCUT2D eigenvalue weighted by Crippen LogP contribution is -2.42. The normalized spacial score (nSPS) is 14.8. The average molecular weight is 352 g/mol. The molecule has 24 heavy (non-hydrogen) atoms. The second kappa shape index (κ2) is 7.65. The topological polar surface area (TPSA) is 117 Å². The van der Waals surface area contributed by atoms with Crippen molar-refractivity contribution in [3.05, 3.63) is 36.0 Å². The molecule has 0 fully saturated rings. The van der Waals surface area contributed by atoms with Gasteiger partial charge in [0, 0.05) is 12.1 Å². The molecule has 1 aromatic carbocycles. The maximum Gasteiger partial charge on any atom is 0.250 e. The van der Waals surface area contributed by atoms with E-state index in [1.54, 1.807) is 10.2 Å². The number of hydrogen-bond donors (Lipinski definition) is 3. The zero-order valence-corrected chi connectivity index (χ0v) is 14.3. The van der Waals surface area contributed by atoms with Crippen LogP contribution in [-0.2, 0) is 22.4 Å². The molecule has 1 amide bonds. The quantitative estimate of drug-likeness (QED) is 0.394. The summed E-state index contributed by atoms with van der Waals surface area (Å²) in [5.41, 5.74) is 2.88. The lowest BCUT2D eigenvalue weighted by atomic mass is 9.88. The summed E-state index contributed by atoms with van der Waals surface area (Å²) in [6.07, 6.45) is 0.217. The number of benzene rings is 1. The summed E-state index contributed by atoms with van der Waals surface area (Å²) in [5, 5.41) is 17.1. The molecule has 0 saturated heterocycles. The first-order valence-corrected chi connectivity index (χ1v) is 8.62. The van der Waals surface area contributed by atoms with Crippen LogP contribution in [0, 0.1) is 12.3 Å². The van der Waals surface area contributed by atoms with Crippen molar-refractivity contribution in [3.8, 4) is 11.3 Å². The molecule has 0 bridgehead atoms. The van der Waals surface area contributed by atoms with Gasteiger partial charge < -0.3 is 4.55 Å². The number of hydroxylamine groups is 1. The summed E-state index contributed by atoms with van der Waals surface area (Å²) in [6, 6.07) is 9.59. The van der Waals surface area contributed by atoms with E-state index in [4.69, 9.17) is 9.76 Å². The molecule has 2 atom stereocenters. The van der Waals surface area contributed by atoms with Gasteiger partial charge in [-0.2, -0.15) is 0 Å². The van der Waals surface area contributed by atoms with Gasteiger partial charge in [-0.3, -0.25) is 10.0 Å². The SMILES string of the molecule is Cc1nnn(CC[C@@](C)(CS(=O)O)C(=O)NO)c1-c1ccccc1. The first-order valence-electron chi connectivity index (χ1n) is 7.35. The fourth-order valence-electron chi connectivity index (χ4n) is 2.52. The van der Waals surface area contributed by atoms with Crippen LogP contribution in [0.5, 0.6) is 0 Å². The summed E-state index contributed by atoms with van der Waals surface area (Å²) >= 11 is -2.17. The van der Waals surface area contributed by atoms with E-state index in [0.29, 0.717) is 6.54 Å². The highest BCUT2D eigenvalue weighted by Gasteiger charge is 2.35. The third kappa shape index (κ3) is 4.05. The van der Waals surface area contributed by atoms with E-state index in [-0.39, 0.29) is 12.2 Å². The largest absolute Gasteiger partial charge is 0.306 e. The Morgan fingerprint density at radius 3 is 2.62 bits per heavy atom. The maximum absolute atomic E-state index is 11.9. The first kappa shape index (κ1) is 18.2. The highest BCUT2D eigenvalue weighted by Crippen LogP contribution is 2.27. The molecule has 2 rings (SSSR count). The summed E-state index contributed by atoms with van der Waals surface area (Å²) in [4.78, 5) is 11.9. The summed E-state index contributed by atoms with van der Waals surface area (Å²) in [7, 11) is 0. The molecule has 0 aliphatic carbocycles. The van der Waals surface area contributed by atoms with Gasteiger partial charge in [0.05, 0.1) is 22.6 Å². The van der Waals surface area contributed by atoms with Crippen molar-refractivity contribution in [1.29, 1.82) is 0 Å². The van der Waals surface area contributed by atoms with Gasteiger partial charge in [-0.05, 0) is 20.3 Å². The van der Waals surface area contributed by atoms with Crippen molar-refractivity contribution in [1.82, 2.24) is 20.5 Å². The van der Waals surface area contributed by atoms with Crippen LogP contribution in [0.15, 0.2) is 30.3 Å². The number of aryl methyl sites for hydroxylation is 2. The molecular formula is C15H20N4O4S. The Morgan fingerprint density at radius 2 is 2.04 bits per heavy atom. The van der Waals surface area contributed by atoms with Gasteiger partial charge in [0.15, 0.2) is 11.1 Å². The summed E-state index contributed by atoms with van der Waals surface area (Å²) in [6.45, 7) is 3.68. The Bertz CT molecular complexity index is 734. The summed E-state index contributed by atoms with van der Waals surface area (Å²) < 4.78 is 22.0. The van der Waals surface area contributed by atoms with Gasteiger partial charge in [0.25, 0.3) is 0 Å². The third-order valence-corrected chi connectivity index (χ3v) is 4.80. The number of aromatic nitrogens is 3. The van der Waals surface area contributed by atoms with Gasteiger partial charge in [0.1, 0.15) is 0 Å². The lowest BCUT2D eigenvalue weighted by Gasteiger charge is -2.25. The molecular weight excluding hydrogens is 332 g/mol. The molecule has 3 N–H and O–H groups in total. The minimum absolute atomic E-state index is 0.217. The highest BCUT2D eigenvalue weighted by molar-refractivity contribution is 7.79. The molecule has 0 spiro atoms. The van der Waals surface area contributed by atoms with Crippen LogP contribution in [0.4, 0.5) is 0 Å². The van der Waals surface area contributed by atoms with Crippen molar-refractivity contribution >= 4 is 17.0 Å². The number of rotatable bonds is 7. The number of amides is 1. The molecule has 0 aliphatic heterocycles. The van der Waals surface area contributed by atoms with E-state index in [9.17, 15) is 9.00 Å². The number of carbonyl (C=O) groups is 1. The third-order valence-electron chi connectivity index (χ3n) is 3.92. The van der Waals surface area contributed by atoms with Crippen molar-refractivity contribution in [3.63, 3.8) is 0 Å². The van der Waals surface area contributed by atoms with Gasteiger partial charge in [-0.15, -0.1) is 5.10 Å². The molecule has 1 unspecified atom stereocenters. The Balaban J connectivity index is 2.25. The van der Waals surface area contributed by atoms with E-state index < -0.39 is 22.4 Å². The van der Waals surface area contributed by atoms with Crippen LogP contribution in [0.1, 0.15) is 19.0 Å². The lowest BCUT2D eigenvalue weighted by molar-refractivity contribution is -0.138. The molecule has 2 aromatic rings. The minimum atomic E-state index is -2.17. The number of carbonyl (C=O) groups excluding carboxylic acids is 1. The smallest absolute Gasteiger partial charge is 0.250 e. The Morgan fingerprint density at radius 1 is 1.38 bits per heavy atom. The van der Waals surface area contributed by atoms with Gasteiger partial charge in [-0.1, -0.05) is 35.5 Å².